The molecule has 0 aromatic heterocycles. The Morgan fingerprint density at radius 2 is 1.52 bits per heavy atom. The number of nitrogens with zero attached hydrogens (tertiary/aromatic N) is 1. The van der Waals surface area contributed by atoms with Gasteiger partial charge in [-0.2, -0.15) is 5.06 Å². The lowest BCUT2D eigenvalue weighted by Gasteiger charge is -2.52. The second-order valence-electron chi connectivity index (χ2n) is 9.28. The number of ether oxygens (including phenoxy) is 1. The van der Waals surface area contributed by atoms with Gasteiger partial charge in [0, 0.05) is 16.6 Å². The van der Waals surface area contributed by atoms with E-state index in [9.17, 15) is 0 Å². The molecule has 0 radical (unpaired) electrons. The molecule has 0 aliphatic carbocycles. The van der Waals surface area contributed by atoms with Crippen molar-refractivity contribution in [3.8, 4) is 5.75 Å². The van der Waals surface area contributed by atoms with Crippen LogP contribution in [0.25, 0.3) is 0 Å². The highest BCUT2D eigenvalue weighted by atomic mass is 16.7. The molecule has 0 bridgehead atoms. The van der Waals surface area contributed by atoms with Gasteiger partial charge in [0.2, 0.25) is 0 Å². The SMILES string of the molecule is CC1(C)CCCC(C)(C)N1OCC1(c2ccccc2)COc2ccccc21. The number of hydrogen-bond donors (Lipinski definition) is 0. The third-order valence-corrected chi connectivity index (χ3v) is 6.32. The molecular weight excluding hydrogens is 334 g/mol. The van der Waals surface area contributed by atoms with Gasteiger partial charge in [-0.3, -0.25) is 4.84 Å². The number of rotatable bonds is 4. The molecule has 2 aliphatic heterocycles. The summed E-state index contributed by atoms with van der Waals surface area (Å²) in [6, 6.07) is 19.1. The fourth-order valence-corrected chi connectivity index (χ4v) is 4.97. The first-order valence-corrected chi connectivity index (χ1v) is 10.1. The first-order valence-electron chi connectivity index (χ1n) is 10.1. The Morgan fingerprint density at radius 1 is 0.889 bits per heavy atom. The molecule has 2 aromatic rings. The van der Waals surface area contributed by atoms with Crippen molar-refractivity contribution < 1.29 is 9.57 Å². The Bertz CT molecular complexity index is 783. The Hall–Kier alpha value is -1.84. The molecule has 0 spiro atoms. The van der Waals surface area contributed by atoms with Crippen LogP contribution in [0.5, 0.6) is 5.75 Å². The van der Waals surface area contributed by atoms with E-state index >= 15 is 0 Å². The minimum absolute atomic E-state index is 0.0264. The lowest BCUT2D eigenvalue weighted by molar-refractivity contribution is -0.286. The molecule has 1 saturated heterocycles. The van der Waals surface area contributed by atoms with Crippen LogP contribution in [0.15, 0.2) is 54.6 Å². The Balaban J connectivity index is 1.70. The average Bonchev–Trinajstić information content (AvgIpc) is 3.01. The van der Waals surface area contributed by atoms with Gasteiger partial charge >= 0.3 is 0 Å². The maximum atomic E-state index is 6.67. The number of benzene rings is 2. The maximum Gasteiger partial charge on any atom is 0.123 e. The van der Waals surface area contributed by atoms with E-state index in [0.29, 0.717) is 13.2 Å². The minimum Gasteiger partial charge on any atom is -0.492 e. The zero-order chi connectivity index (χ0) is 19.1. The molecule has 144 valence electrons. The fourth-order valence-electron chi connectivity index (χ4n) is 4.97. The van der Waals surface area contributed by atoms with Gasteiger partial charge in [0.15, 0.2) is 0 Å². The van der Waals surface area contributed by atoms with E-state index in [1.165, 1.54) is 17.5 Å². The predicted octanol–water partition coefficient (Wildman–Crippen LogP) is 5.34. The van der Waals surface area contributed by atoms with E-state index < -0.39 is 0 Å². The van der Waals surface area contributed by atoms with Crippen LogP contribution in [0.2, 0.25) is 0 Å². The molecule has 0 N–H and O–H groups in total. The summed E-state index contributed by atoms with van der Waals surface area (Å²) in [6.45, 7) is 10.4. The maximum absolute atomic E-state index is 6.67. The molecular formula is C24H31NO2. The molecule has 2 aromatic carbocycles. The van der Waals surface area contributed by atoms with Gasteiger partial charge in [0.05, 0.1) is 12.0 Å². The van der Waals surface area contributed by atoms with Gasteiger partial charge in [-0.15, -0.1) is 0 Å². The van der Waals surface area contributed by atoms with E-state index in [1.807, 2.05) is 6.07 Å². The molecule has 3 heteroatoms. The van der Waals surface area contributed by atoms with Gasteiger partial charge in [0.1, 0.15) is 12.4 Å². The summed E-state index contributed by atoms with van der Waals surface area (Å²) >= 11 is 0. The van der Waals surface area contributed by atoms with Crippen LogP contribution in [0.3, 0.4) is 0 Å². The first kappa shape index (κ1) is 18.5. The molecule has 3 nitrogen and oxygen atoms in total. The predicted molar refractivity (Wildman–Crippen MR) is 109 cm³/mol. The fraction of sp³-hybridized carbons (Fsp3) is 0.500. The number of hydrogen-bond acceptors (Lipinski definition) is 3. The first-order chi connectivity index (χ1) is 12.9. The molecule has 1 atom stereocenters. The van der Waals surface area contributed by atoms with Crippen molar-refractivity contribution in [2.45, 2.75) is 63.5 Å². The Kier molecular flexibility index (Phi) is 4.56. The topological polar surface area (TPSA) is 21.7 Å². The van der Waals surface area contributed by atoms with Gasteiger partial charge in [-0.25, -0.2) is 0 Å². The second-order valence-corrected chi connectivity index (χ2v) is 9.28. The molecule has 2 heterocycles. The van der Waals surface area contributed by atoms with Crippen molar-refractivity contribution in [3.05, 3.63) is 65.7 Å². The standard InChI is InChI=1S/C24H31NO2/c1-22(2)15-10-16-23(3,4)25(22)27-18-24(19-11-6-5-7-12-19)17-26-21-14-9-8-13-20(21)24/h5-9,11-14H,10,15-18H2,1-4H3. The van der Waals surface area contributed by atoms with E-state index in [1.54, 1.807) is 0 Å². The van der Waals surface area contributed by atoms with Gasteiger partial charge in [0.25, 0.3) is 0 Å². The number of hydroxylamine groups is 2. The summed E-state index contributed by atoms with van der Waals surface area (Å²) in [4.78, 5) is 6.67. The van der Waals surface area contributed by atoms with Gasteiger partial charge in [-0.05, 0) is 58.6 Å². The zero-order valence-corrected chi connectivity index (χ0v) is 17.0. The minimum atomic E-state index is -0.276. The number of piperidine rings is 1. The van der Waals surface area contributed by atoms with Gasteiger partial charge in [-0.1, -0.05) is 48.5 Å². The molecule has 1 unspecified atom stereocenters. The molecule has 0 amide bonds. The summed E-state index contributed by atoms with van der Waals surface area (Å²) in [5, 5.41) is 2.26. The van der Waals surface area contributed by atoms with Crippen molar-refractivity contribution in [1.82, 2.24) is 5.06 Å². The second kappa shape index (κ2) is 6.65. The zero-order valence-electron chi connectivity index (χ0n) is 17.0. The monoisotopic (exact) mass is 365 g/mol. The summed E-state index contributed by atoms with van der Waals surface area (Å²) in [6.07, 6.45) is 3.55. The largest absolute Gasteiger partial charge is 0.492 e. The highest BCUT2D eigenvalue weighted by Gasteiger charge is 2.47. The molecule has 27 heavy (non-hydrogen) atoms. The normalized spacial score (nSPS) is 26.4. The number of fused-ring (bicyclic) bond motifs is 1. The molecule has 4 rings (SSSR count). The summed E-state index contributed by atoms with van der Waals surface area (Å²) in [5.41, 5.74) is 2.25. The Labute approximate surface area is 163 Å². The molecule has 0 saturated carbocycles. The van der Waals surface area contributed by atoms with Crippen molar-refractivity contribution in [3.63, 3.8) is 0 Å². The lowest BCUT2D eigenvalue weighted by atomic mass is 9.77. The van der Waals surface area contributed by atoms with E-state index in [0.717, 1.165) is 18.6 Å². The smallest absolute Gasteiger partial charge is 0.123 e. The van der Waals surface area contributed by atoms with E-state index in [4.69, 9.17) is 9.57 Å². The number of para-hydroxylation sites is 1. The third kappa shape index (κ3) is 3.17. The Morgan fingerprint density at radius 3 is 2.22 bits per heavy atom. The highest BCUT2D eigenvalue weighted by Crippen LogP contribution is 2.45. The van der Waals surface area contributed by atoms with Crippen LogP contribution in [0.1, 0.15) is 58.1 Å². The lowest BCUT2D eigenvalue weighted by Crippen LogP contribution is -2.59. The van der Waals surface area contributed by atoms with E-state index in [-0.39, 0.29) is 16.5 Å². The highest BCUT2D eigenvalue weighted by molar-refractivity contribution is 5.51. The molecule has 1 fully saturated rings. The van der Waals surface area contributed by atoms with Crippen molar-refractivity contribution in [1.29, 1.82) is 0 Å². The van der Waals surface area contributed by atoms with Crippen LogP contribution >= 0.6 is 0 Å². The average molecular weight is 366 g/mol. The van der Waals surface area contributed by atoms with Crippen LogP contribution in [0.4, 0.5) is 0 Å². The van der Waals surface area contributed by atoms with Gasteiger partial charge < -0.3 is 4.74 Å². The van der Waals surface area contributed by atoms with Crippen molar-refractivity contribution >= 4 is 0 Å². The van der Waals surface area contributed by atoms with Crippen molar-refractivity contribution in [2.24, 2.45) is 0 Å². The van der Waals surface area contributed by atoms with Crippen LogP contribution in [-0.4, -0.2) is 29.4 Å². The summed E-state index contributed by atoms with van der Waals surface area (Å²) in [7, 11) is 0. The summed E-state index contributed by atoms with van der Waals surface area (Å²) < 4.78 is 6.11. The molecule has 2 aliphatic rings. The van der Waals surface area contributed by atoms with Crippen molar-refractivity contribution in [2.75, 3.05) is 13.2 Å². The van der Waals surface area contributed by atoms with Crippen LogP contribution in [0, 0.1) is 0 Å². The quantitative estimate of drug-likeness (QED) is 0.730. The van der Waals surface area contributed by atoms with E-state index in [2.05, 4.69) is 81.3 Å². The van der Waals surface area contributed by atoms with Crippen LogP contribution in [-0.2, 0) is 10.3 Å². The summed E-state index contributed by atoms with van der Waals surface area (Å²) in [5.74, 6) is 0.974. The van der Waals surface area contributed by atoms with Crippen LogP contribution < -0.4 is 4.74 Å². The third-order valence-electron chi connectivity index (χ3n) is 6.32.